The fourth-order valence-corrected chi connectivity index (χ4v) is 2.79. The normalized spacial score (nSPS) is 27.9. The highest BCUT2D eigenvalue weighted by atomic mass is 15.2. The third-order valence-electron chi connectivity index (χ3n) is 3.93. The molecule has 3 unspecified atom stereocenters. The largest absolute Gasteiger partial charge is 0.323 e. The molecule has 2 N–H and O–H groups in total. The molecule has 17 heavy (non-hydrogen) atoms. The Balaban J connectivity index is 1.93. The molecule has 1 aliphatic rings. The van der Waals surface area contributed by atoms with Crippen molar-refractivity contribution in [2.45, 2.75) is 38.8 Å². The van der Waals surface area contributed by atoms with Gasteiger partial charge in [0.15, 0.2) is 0 Å². The molecule has 2 nitrogen and oxygen atoms in total. The molecule has 94 valence electrons. The van der Waals surface area contributed by atoms with E-state index in [0.717, 1.165) is 12.5 Å². The van der Waals surface area contributed by atoms with Gasteiger partial charge < -0.3 is 5.73 Å². The van der Waals surface area contributed by atoms with E-state index in [1.165, 1.54) is 24.9 Å². The van der Waals surface area contributed by atoms with Gasteiger partial charge in [-0.1, -0.05) is 37.3 Å². The van der Waals surface area contributed by atoms with Crippen LogP contribution in [0.5, 0.6) is 0 Å². The van der Waals surface area contributed by atoms with Crippen molar-refractivity contribution in [3.05, 3.63) is 35.9 Å². The average Bonchev–Trinajstić information content (AvgIpc) is 2.34. The molecule has 0 aliphatic carbocycles. The van der Waals surface area contributed by atoms with Crippen LogP contribution in [0, 0.1) is 5.92 Å². The van der Waals surface area contributed by atoms with E-state index in [4.69, 9.17) is 5.73 Å². The van der Waals surface area contributed by atoms with E-state index in [-0.39, 0.29) is 6.04 Å². The van der Waals surface area contributed by atoms with Crippen LogP contribution in [-0.2, 0) is 0 Å². The van der Waals surface area contributed by atoms with Gasteiger partial charge in [-0.2, -0.15) is 0 Å². The third kappa shape index (κ3) is 3.30. The molecule has 2 rings (SSSR count). The molecule has 2 heteroatoms. The summed E-state index contributed by atoms with van der Waals surface area (Å²) in [6, 6.07) is 11.2. The van der Waals surface area contributed by atoms with Gasteiger partial charge in [-0.15, -0.1) is 0 Å². The Morgan fingerprint density at radius 2 is 2.00 bits per heavy atom. The van der Waals surface area contributed by atoms with Crippen molar-refractivity contribution < 1.29 is 0 Å². The number of benzene rings is 1. The zero-order chi connectivity index (χ0) is 12.3. The third-order valence-corrected chi connectivity index (χ3v) is 3.93. The number of likely N-dealkylation sites (tertiary alicyclic amines) is 1. The molecular formula is C15H24N2. The van der Waals surface area contributed by atoms with Crippen LogP contribution in [0.4, 0.5) is 0 Å². The molecule has 0 saturated carbocycles. The smallest absolute Gasteiger partial charge is 0.0424 e. The number of hydrogen-bond donors (Lipinski definition) is 1. The van der Waals surface area contributed by atoms with Gasteiger partial charge in [-0.25, -0.2) is 0 Å². The maximum Gasteiger partial charge on any atom is 0.0424 e. The summed E-state index contributed by atoms with van der Waals surface area (Å²) in [5, 5.41) is 0. The summed E-state index contributed by atoms with van der Waals surface area (Å²) < 4.78 is 0. The molecular weight excluding hydrogens is 208 g/mol. The molecule has 0 aromatic heterocycles. The minimum absolute atomic E-state index is 0.145. The second kappa shape index (κ2) is 5.65. The minimum atomic E-state index is 0.145. The van der Waals surface area contributed by atoms with E-state index >= 15 is 0 Å². The van der Waals surface area contributed by atoms with Crippen molar-refractivity contribution in [1.82, 2.24) is 4.90 Å². The lowest BCUT2D eigenvalue weighted by Gasteiger charge is -2.37. The van der Waals surface area contributed by atoms with Gasteiger partial charge in [-0.05, 0) is 37.8 Å². The summed E-state index contributed by atoms with van der Waals surface area (Å²) in [4.78, 5) is 2.54. The molecule has 3 atom stereocenters. The number of rotatable bonds is 3. The van der Waals surface area contributed by atoms with Crippen molar-refractivity contribution in [3.8, 4) is 0 Å². The van der Waals surface area contributed by atoms with E-state index in [0.29, 0.717) is 6.04 Å². The summed E-state index contributed by atoms with van der Waals surface area (Å²) in [6.45, 7) is 6.86. The highest BCUT2D eigenvalue weighted by Gasteiger charge is 2.24. The van der Waals surface area contributed by atoms with Crippen LogP contribution in [0.15, 0.2) is 30.3 Å². The van der Waals surface area contributed by atoms with Crippen LogP contribution < -0.4 is 5.73 Å². The van der Waals surface area contributed by atoms with Crippen LogP contribution in [0.25, 0.3) is 0 Å². The standard InChI is InChI=1S/C15H24N2/c1-12-8-9-17(13(2)10-12)11-15(16)14-6-4-3-5-7-14/h3-7,12-13,15H,8-11,16H2,1-2H3. The number of nitrogens with two attached hydrogens (primary N) is 1. The van der Waals surface area contributed by atoms with Crippen molar-refractivity contribution in [2.24, 2.45) is 11.7 Å². The SMILES string of the molecule is CC1CCN(CC(N)c2ccccc2)C(C)C1. The lowest BCUT2D eigenvalue weighted by Crippen LogP contribution is -2.43. The first-order valence-corrected chi connectivity index (χ1v) is 6.71. The highest BCUT2D eigenvalue weighted by molar-refractivity contribution is 5.18. The fraction of sp³-hybridized carbons (Fsp3) is 0.600. The Morgan fingerprint density at radius 1 is 1.29 bits per heavy atom. The van der Waals surface area contributed by atoms with Gasteiger partial charge in [0.25, 0.3) is 0 Å². The van der Waals surface area contributed by atoms with Gasteiger partial charge in [0.05, 0.1) is 0 Å². The molecule has 1 aliphatic heterocycles. The Labute approximate surface area is 105 Å². The Morgan fingerprint density at radius 3 is 2.65 bits per heavy atom. The number of nitrogens with zero attached hydrogens (tertiary/aromatic N) is 1. The molecule has 1 aromatic carbocycles. The Bertz CT molecular complexity index is 336. The van der Waals surface area contributed by atoms with Gasteiger partial charge in [-0.3, -0.25) is 4.90 Å². The molecule has 0 spiro atoms. The van der Waals surface area contributed by atoms with Gasteiger partial charge in [0.1, 0.15) is 0 Å². The highest BCUT2D eigenvalue weighted by Crippen LogP contribution is 2.23. The van der Waals surface area contributed by atoms with Crippen LogP contribution >= 0.6 is 0 Å². The van der Waals surface area contributed by atoms with Gasteiger partial charge >= 0.3 is 0 Å². The number of piperidine rings is 1. The monoisotopic (exact) mass is 232 g/mol. The summed E-state index contributed by atoms with van der Waals surface area (Å²) in [6.07, 6.45) is 2.62. The zero-order valence-corrected chi connectivity index (χ0v) is 11.0. The predicted octanol–water partition coefficient (Wildman–Crippen LogP) is 2.81. The zero-order valence-electron chi connectivity index (χ0n) is 11.0. The first kappa shape index (κ1) is 12.6. The van der Waals surface area contributed by atoms with Crippen LogP contribution in [-0.4, -0.2) is 24.0 Å². The van der Waals surface area contributed by atoms with E-state index < -0.39 is 0 Å². The fourth-order valence-electron chi connectivity index (χ4n) is 2.79. The minimum Gasteiger partial charge on any atom is -0.323 e. The van der Waals surface area contributed by atoms with E-state index in [1.807, 2.05) is 6.07 Å². The molecule has 1 fully saturated rings. The second-order valence-electron chi connectivity index (χ2n) is 5.49. The van der Waals surface area contributed by atoms with Crippen LogP contribution in [0.2, 0.25) is 0 Å². The quantitative estimate of drug-likeness (QED) is 0.868. The van der Waals surface area contributed by atoms with E-state index in [1.54, 1.807) is 0 Å². The Hall–Kier alpha value is -0.860. The van der Waals surface area contributed by atoms with E-state index in [2.05, 4.69) is 43.0 Å². The first-order chi connectivity index (χ1) is 8.16. The topological polar surface area (TPSA) is 29.3 Å². The van der Waals surface area contributed by atoms with Crippen molar-refractivity contribution in [1.29, 1.82) is 0 Å². The van der Waals surface area contributed by atoms with E-state index in [9.17, 15) is 0 Å². The molecule has 1 saturated heterocycles. The maximum absolute atomic E-state index is 6.28. The van der Waals surface area contributed by atoms with Crippen LogP contribution in [0.1, 0.15) is 38.3 Å². The molecule has 0 bridgehead atoms. The summed E-state index contributed by atoms with van der Waals surface area (Å²) in [7, 11) is 0. The van der Waals surface area contributed by atoms with Gasteiger partial charge in [0.2, 0.25) is 0 Å². The predicted molar refractivity (Wildman–Crippen MR) is 72.8 cm³/mol. The van der Waals surface area contributed by atoms with Crippen molar-refractivity contribution >= 4 is 0 Å². The first-order valence-electron chi connectivity index (χ1n) is 6.71. The van der Waals surface area contributed by atoms with Gasteiger partial charge in [0, 0.05) is 18.6 Å². The maximum atomic E-state index is 6.28. The van der Waals surface area contributed by atoms with Crippen molar-refractivity contribution in [3.63, 3.8) is 0 Å². The lowest BCUT2D eigenvalue weighted by molar-refractivity contribution is 0.122. The summed E-state index contributed by atoms with van der Waals surface area (Å²) in [5.74, 6) is 0.870. The molecule has 1 heterocycles. The summed E-state index contributed by atoms with van der Waals surface area (Å²) in [5.41, 5.74) is 7.53. The van der Waals surface area contributed by atoms with Crippen LogP contribution in [0.3, 0.4) is 0 Å². The average molecular weight is 232 g/mol. The number of hydrogen-bond acceptors (Lipinski definition) is 2. The Kier molecular flexibility index (Phi) is 4.19. The van der Waals surface area contributed by atoms with Crippen molar-refractivity contribution in [2.75, 3.05) is 13.1 Å². The summed E-state index contributed by atoms with van der Waals surface area (Å²) >= 11 is 0. The molecule has 0 radical (unpaired) electrons. The molecule has 1 aromatic rings. The lowest BCUT2D eigenvalue weighted by atomic mass is 9.92. The molecule has 0 amide bonds. The second-order valence-corrected chi connectivity index (χ2v) is 5.49.